The van der Waals surface area contributed by atoms with E-state index in [2.05, 4.69) is 10.4 Å². The molecule has 13 heavy (non-hydrogen) atoms. The van der Waals surface area contributed by atoms with Gasteiger partial charge in [-0.2, -0.15) is 5.10 Å². The first-order chi connectivity index (χ1) is 6.25. The molecule has 1 atom stereocenters. The van der Waals surface area contributed by atoms with Crippen molar-refractivity contribution in [1.82, 2.24) is 15.1 Å². The minimum absolute atomic E-state index is 0.0883. The van der Waals surface area contributed by atoms with E-state index in [0.717, 1.165) is 13.0 Å². The topological polar surface area (TPSA) is 72.9 Å². The van der Waals surface area contributed by atoms with Crippen LogP contribution in [0, 0.1) is 0 Å². The molecule has 0 radical (unpaired) electrons. The van der Waals surface area contributed by atoms with Crippen molar-refractivity contribution < 1.29 is 4.79 Å². The lowest BCUT2D eigenvalue weighted by molar-refractivity contribution is -0.123. The van der Waals surface area contributed by atoms with Crippen LogP contribution in [0.3, 0.4) is 0 Å². The van der Waals surface area contributed by atoms with Crippen LogP contribution in [0.2, 0.25) is 0 Å². The summed E-state index contributed by atoms with van der Waals surface area (Å²) in [6.07, 6.45) is 4.80. The first-order valence-corrected chi connectivity index (χ1v) is 4.32. The van der Waals surface area contributed by atoms with E-state index in [9.17, 15) is 4.79 Å². The van der Waals surface area contributed by atoms with Crippen LogP contribution in [0.1, 0.15) is 18.9 Å². The Morgan fingerprint density at radius 3 is 3.15 bits per heavy atom. The van der Waals surface area contributed by atoms with Crippen LogP contribution in [-0.2, 0) is 4.79 Å². The fraction of sp³-hybridized carbons (Fsp3) is 0.500. The van der Waals surface area contributed by atoms with Gasteiger partial charge in [0.15, 0.2) is 0 Å². The highest BCUT2D eigenvalue weighted by Gasteiger charge is 2.20. The van der Waals surface area contributed by atoms with E-state index < -0.39 is 0 Å². The third-order valence-corrected chi connectivity index (χ3v) is 2.22. The molecule has 0 aromatic carbocycles. The quantitative estimate of drug-likeness (QED) is 0.634. The highest BCUT2D eigenvalue weighted by Crippen LogP contribution is 2.18. The summed E-state index contributed by atoms with van der Waals surface area (Å²) < 4.78 is 1.77. The van der Waals surface area contributed by atoms with E-state index >= 15 is 0 Å². The highest BCUT2D eigenvalue weighted by molar-refractivity contribution is 5.77. The van der Waals surface area contributed by atoms with Gasteiger partial charge < -0.3 is 11.1 Å². The van der Waals surface area contributed by atoms with Crippen LogP contribution < -0.4 is 11.1 Å². The summed E-state index contributed by atoms with van der Waals surface area (Å²) in [4.78, 5) is 11.1. The Morgan fingerprint density at radius 1 is 1.69 bits per heavy atom. The van der Waals surface area contributed by atoms with Gasteiger partial charge in [0, 0.05) is 19.2 Å². The van der Waals surface area contributed by atoms with Crippen molar-refractivity contribution in [2.75, 3.05) is 12.3 Å². The zero-order valence-electron chi connectivity index (χ0n) is 7.23. The van der Waals surface area contributed by atoms with Gasteiger partial charge in [0.05, 0.1) is 17.9 Å². The highest BCUT2D eigenvalue weighted by atomic mass is 16.1. The molecule has 5 nitrogen and oxygen atoms in total. The summed E-state index contributed by atoms with van der Waals surface area (Å²) in [5, 5.41) is 6.86. The lowest BCUT2D eigenvalue weighted by Gasteiger charge is -2.22. The SMILES string of the molecule is Nc1cnn(C2CCNC(=O)C2)c1. The van der Waals surface area contributed by atoms with E-state index in [0.29, 0.717) is 12.1 Å². The van der Waals surface area contributed by atoms with Gasteiger partial charge in [-0.05, 0) is 6.42 Å². The standard InChI is InChI=1S/C8H12N4O/c9-6-4-11-12(5-6)7-1-2-10-8(13)3-7/h4-5,7H,1-3,9H2,(H,10,13). The van der Waals surface area contributed by atoms with Crippen molar-refractivity contribution in [3.63, 3.8) is 0 Å². The Balaban J connectivity index is 2.12. The minimum atomic E-state index is 0.0883. The average molecular weight is 180 g/mol. The molecule has 0 aliphatic carbocycles. The number of carbonyl (C=O) groups is 1. The Hall–Kier alpha value is -1.52. The number of rotatable bonds is 1. The maximum atomic E-state index is 11.1. The molecular formula is C8H12N4O. The van der Waals surface area contributed by atoms with Gasteiger partial charge in [0.2, 0.25) is 5.91 Å². The molecule has 0 saturated carbocycles. The molecule has 0 spiro atoms. The maximum absolute atomic E-state index is 11.1. The van der Waals surface area contributed by atoms with E-state index in [-0.39, 0.29) is 11.9 Å². The zero-order chi connectivity index (χ0) is 9.26. The van der Waals surface area contributed by atoms with Crippen LogP contribution in [0.4, 0.5) is 5.69 Å². The molecule has 0 bridgehead atoms. The monoisotopic (exact) mass is 180 g/mol. The summed E-state index contributed by atoms with van der Waals surface area (Å²) in [5.41, 5.74) is 6.18. The van der Waals surface area contributed by atoms with Crippen molar-refractivity contribution in [2.24, 2.45) is 0 Å². The van der Waals surface area contributed by atoms with Crippen molar-refractivity contribution in [3.8, 4) is 0 Å². The third kappa shape index (κ3) is 1.63. The molecule has 1 unspecified atom stereocenters. The van der Waals surface area contributed by atoms with Crippen molar-refractivity contribution >= 4 is 11.6 Å². The second-order valence-corrected chi connectivity index (χ2v) is 3.25. The summed E-state index contributed by atoms with van der Waals surface area (Å²) in [7, 11) is 0. The molecule has 1 aliphatic rings. The number of anilines is 1. The van der Waals surface area contributed by atoms with Crippen molar-refractivity contribution in [1.29, 1.82) is 0 Å². The van der Waals surface area contributed by atoms with Crippen molar-refractivity contribution in [2.45, 2.75) is 18.9 Å². The van der Waals surface area contributed by atoms with Gasteiger partial charge >= 0.3 is 0 Å². The molecule has 70 valence electrons. The summed E-state index contributed by atoms with van der Waals surface area (Å²) in [6.45, 7) is 0.725. The molecule has 1 fully saturated rings. The smallest absolute Gasteiger partial charge is 0.222 e. The van der Waals surface area contributed by atoms with Crippen LogP contribution in [0.5, 0.6) is 0 Å². The number of carbonyl (C=O) groups excluding carboxylic acids is 1. The number of nitrogens with two attached hydrogens (primary N) is 1. The molecule has 1 aliphatic heterocycles. The Bertz CT molecular complexity index is 320. The lowest BCUT2D eigenvalue weighted by atomic mass is 10.1. The number of aromatic nitrogens is 2. The van der Waals surface area contributed by atoms with Gasteiger partial charge in [-0.1, -0.05) is 0 Å². The Labute approximate surface area is 75.9 Å². The predicted molar refractivity (Wildman–Crippen MR) is 47.9 cm³/mol. The maximum Gasteiger partial charge on any atom is 0.222 e. The number of amides is 1. The van der Waals surface area contributed by atoms with Gasteiger partial charge in [0.1, 0.15) is 0 Å². The second-order valence-electron chi connectivity index (χ2n) is 3.25. The number of nitrogens with one attached hydrogen (secondary N) is 1. The molecule has 2 rings (SSSR count). The molecule has 5 heteroatoms. The fourth-order valence-electron chi connectivity index (χ4n) is 1.54. The molecule has 1 amide bonds. The zero-order valence-corrected chi connectivity index (χ0v) is 7.23. The van der Waals surface area contributed by atoms with Gasteiger partial charge in [-0.15, -0.1) is 0 Å². The minimum Gasteiger partial charge on any atom is -0.396 e. The number of piperidine rings is 1. The third-order valence-electron chi connectivity index (χ3n) is 2.22. The average Bonchev–Trinajstić information content (AvgIpc) is 2.52. The van der Waals surface area contributed by atoms with E-state index in [4.69, 9.17) is 5.73 Å². The van der Waals surface area contributed by atoms with Crippen LogP contribution in [0.15, 0.2) is 12.4 Å². The van der Waals surface area contributed by atoms with Crippen LogP contribution >= 0.6 is 0 Å². The summed E-state index contributed by atoms with van der Waals surface area (Å²) >= 11 is 0. The number of nitrogen functional groups attached to an aromatic ring is 1. The summed E-state index contributed by atoms with van der Waals surface area (Å²) in [5.74, 6) is 0.0883. The predicted octanol–water partition coefficient (Wildman–Crippen LogP) is -0.0836. The van der Waals surface area contributed by atoms with Crippen LogP contribution in [0.25, 0.3) is 0 Å². The number of hydrogen-bond donors (Lipinski definition) is 2. The Morgan fingerprint density at radius 2 is 2.54 bits per heavy atom. The van der Waals surface area contributed by atoms with Gasteiger partial charge in [0.25, 0.3) is 0 Å². The molecule has 2 heterocycles. The molecule has 1 aromatic rings. The number of hydrogen-bond acceptors (Lipinski definition) is 3. The van der Waals surface area contributed by atoms with Gasteiger partial charge in [-0.3, -0.25) is 9.48 Å². The second kappa shape index (κ2) is 3.08. The first-order valence-electron chi connectivity index (χ1n) is 4.32. The first kappa shape index (κ1) is 8.10. The molecule has 1 aromatic heterocycles. The normalized spacial score (nSPS) is 22.8. The lowest BCUT2D eigenvalue weighted by Crippen LogP contribution is -2.34. The van der Waals surface area contributed by atoms with E-state index in [1.54, 1.807) is 17.1 Å². The fourth-order valence-corrected chi connectivity index (χ4v) is 1.54. The summed E-state index contributed by atoms with van der Waals surface area (Å²) in [6, 6.07) is 0.172. The van der Waals surface area contributed by atoms with Crippen molar-refractivity contribution in [3.05, 3.63) is 12.4 Å². The molecular weight excluding hydrogens is 168 g/mol. The van der Waals surface area contributed by atoms with Gasteiger partial charge in [-0.25, -0.2) is 0 Å². The molecule has 3 N–H and O–H groups in total. The molecule has 1 saturated heterocycles. The Kier molecular flexibility index (Phi) is 1.92. The van der Waals surface area contributed by atoms with E-state index in [1.165, 1.54) is 0 Å². The van der Waals surface area contributed by atoms with Crippen LogP contribution in [-0.4, -0.2) is 22.2 Å². The number of nitrogens with zero attached hydrogens (tertiary/aromatic N) is 2. The largest absolute Gasteiger partial charge is 0.396 e. The van der Waals surface area contributed by atoms with E-state index in [1.807, 2.05) is 0 Å².